The Morgan fingerprint density at radius 3 is 2.75 bits per heavy atom. The first kappa shape index (κ1) is 18.3. The summed E-state index contributed by atoms with van der Waals surface area (Å²) in [6.07, 6.45) is 0.823. The normalized spacial score (nSPS) is 10.3. The minimum Gasteiger partial charge on any atom is -0.493 e. The standard InChI is InChI=1S/C19H22BrNO3/c1-13-6-4-7-18(14(13)2)24-11-5-10-21-17-9-8-15(20)12-16(17)19(22)23-3/h4,6-9,12,21H,5,10-11H2,1-3H3. The van der Waals surface area contributed by atoms with Crippen molar-refractivity contribution in [3.63, 3.8) is 0 Å². The summed E-state index contributed by atoms with van der Waals surface area (Å²) >= 11 is 3.37. The molecule has 0 unspecified atom stereocenters. The van der Waals surface area contributed by atoms with Crippen molar-refractivity contribution in [2.75, 3.05) is 25.6 Å². The number of benzene rings is 2. The van der Waals surface area contributed by atoms with Crippen LogP contribution >= 0.6 is 15.9 Å². The van der Waals surface area contributed by atoms with Gasteiger partial charge < -0.3 is 14.8 Å². The highest BCUT2D eigenvalue weighted by Gasteiger charge is 2.12. The lowest BCUT2D eigenvalue weighted by molar-refractivity contribution is 0.0601. The second kappa shape index (κ2) is 8.73. The lowest BCUT2D eigenvalue weighted by atomic mass is 10.1. The highest BCUT2D eigenvalue weighted by atomic mass is 79.9. The van der Waals surface area contributed by atoms with Gasteiger partial charge >= 0.3 is 5.97 Å². The first-order valence-corrected chi connectivity index (χ1v) is 8.63. The molecule has 0 aromatic heterocycles. The molecule has 0 aliphatic heterocycles. The number of ether oxygens (including phenoxy) is 2. The SMILES string of the molecule is COC(=O)c1cc(Br)ccc1NCCCOc1cccc(C)c1C. The van der Waals surface area contributed by atoms with Gasteiger partial charge in [-0.2, -0.15) is 0 Å². The Hall–Kier alpha value is -2.01. The maximum Gasteiger partial charge on any atom is 0.340 e. The fraction of sp³-hybridized carbons (Fsp3) is 0.316. The van der Waals surface area contributed by atoms with Crippen LogP contribution in [0.5, 0.6) is 5.75 Å². The molecule has 4 nitrogen and oxygen atoms in total. The van der Waals surface area contributed by atoms with Gasteiger partial charge in [-0.25, -0.2) is 4.79 Å². The van der Waals surface area contributed by atoms with E-state index in [0.717, 1.165) is 22.3 Å². The minimum absolute atomic E-state index is 0.356. The fourth-order valence-corrected chi connectivity index (χ4v) is 2.67. The van der Waals surface area contributed by atoms with E-state index in [1.165, 1.54) is 18.2 Å². The summed E-state index contributed by atoms with van der Waals surface area (Å²) in [6.45, 7) is 5.46. The number of rotatable bonds is 7. The summed E-state index contributed by atoms with van der Waals surface area (Å²) in [4.78, 5) is 11.8. The maximum absolute atomic E-state index is 11.8. The van der Waals surface area contributed by atoms with Crippen molar-refractivity contribution < 1.29 is 14.3 Å². The van der Waals surface area contributed by atoms with Crippen LogP contribution in [0.2, 0.25) is 0 Å². The van der Waals surface area contributed by atoms with Crippen molar-refractivity contribution in [2.24, 2.45) is 0 Å². The summed E-state index contributed by atoms with van der Waals surface area (Å²) in [5, 5.41) is 3.27. The van der Waals surface area contributed by atoms with Crippen LogP contribution in [0.1, 0.15) is 27.9 Å². The Morgan fingerprint density at radius 1 is 1.21 bits per heavy atom. The van der Waals surface area contributed by atoms with Gasteiger partial charge in [0.05, 0.1) is 19.3 Å². The Labute approximate surface area is 151 Å². The minimum atomic E-state index is -0.356. The lowest BCUT2D eigenvalue weighted by Gasteiger charge is -2.13. The predicted molar refractivity (Wildman–Crippen MR) is 100.0 cm³/mol. The van der Waals surface area contributed by atoms with Crippen LogP contribution in [0.3, 0.4) is 0 Å². The topological polar surface area (TPSA) is 47.6 Å². The Bertz CT molecular complexity index is 716. The van der Waals surface area contributed by atoms with Crippen LogP contribution in [0.4, 0.5) is 5.69 Å². The van der Waals surface area contributed by atoms with E-state index in [-0.39, 0.29) is 5.97 Å². The van der Waals surface area contributed by atoms with Gasteiger partial charge in [-0.1, -0.05) is 28.1 Å². The Kier molecular flexibility index (Phi) is 6.67. The third-order valence-corrected chi connectivity index (χ3v) is 4.33. The van der Waals surface area contributed by atoms with Crippen LogP contribution < -0.4 is 10.1 Å². The van der Waals surface area contributed by atoms with Crippen molar-refractivity contribution in [1.82, 2.24) is 0 Å². The fourth-order valence-electron chi connectivity index (χ4n) is 2.31. The number of hydrogen-bond acceptors (Lipinski definition) is 4. The number of nitrogens with one attached hydrogen (secondary N) is 1. The van der Waals surface area contributed by atoms with Gasteiger partial charge in [0.15, 0.2) is 0 Å². The summed E-state index contributed by atoms with van der Waals surface area (Å²) in [5.41, 5.74) is 3.67. The zero-order valence-corrected chi connectivity index (χ0v) is 15.8. The summed E-state index contributed by atoms with van der Waals surface area (Å²) < 4.78 is 11.5. The molecule has 0 amide bonds. The quantitative estimate of drug-likeness (QED) is 0.547. The molecule has 2 aromatic carbocycles. The number of esters is 1. The van der Waals surface area contributed by atoms with E-state index in [1.807, 2.05) is 24.3 Å². The van der Waals surface area contributed by atoms with Crippen LogP contribution in [0.25, 0.3) is 0 Å². The monoisotopic (exact) mass is 391 g/mol. The molecule has 0 heterocycles. The molecule has 0 bridgehead atoms. The van der Waals surface area contributed by atoms with E-state index in [9.17, 15) is 4.79 Å². The molecule has 0 saturated carbocycles. The van der Waals surface area contributed by atoms with Crippen LogP contribution in [-0.4, -0.2) is 26.2 Å². The van der Waals surface area contributed by atoms with E-state index in [4.69, 9.17) is 9.47 Å². The van der Waals surface area contributed by atoms with E-state index < -0.39 is 0 Å². The zero-order valence-electron chi connectivity index (χ0n) is 14.2. The first-order valence-electron chi connectivity index (χ1n) is 7.83. The second-order valence-corrected chi connectivity index (χ2v) is 6.42. The molecule has 0 fully saturated rings. The predicted octanol–water partition coefficient (Wildman–Crippen LogP) is 4.73. The molecule has 0 spiro atoms. The van der Waals surface area contributed by atoms with Gasteiger partial charge in [-0.3, -0.25) is 0 Å². The largest absolute Gasteiger partial charge is 0.493 e. The number of halogens is 1. The molecule has 0 saturated heterocycles. The third kappa shape index (κ3) is 4.74. The number of methoxy groups -OCH3 is 1. The van der Waals surface area contributed by atoms with Crippen LogP contribution in [0, 0.1) is 13.8 Å². The average molecular weight is 392 g/mol. The number of hydrogen-bond donors (Lipinski definition) is 1. The third-order valence-electron chi connectivity index (χ3n) is 3.84. The molecule has 128 valence electrons. The number of aryl methyl sites for hydroxylation is 1. The van der Waals surface area contributed by atoms with Gasteiger partial charge in [-0.15, -0.1) is 0 Å². The van der Waals surface area contributed by atoms with Gasteiger partial charge in [0, 0.05) is 16.7 Å². The summed E-state index contributed by atoms with van der Waals surface area (Å²) in [6, 6.07) is 11.6. The molecular formula is C19H22BrNO3. The van der Waals surface area contributed by atoms with Crippen LogP contribution in [0.15, 0.2) is 40.9 Å². The molecule has 2 rings (SSSR count). The molecule has 0 radical (unpaired) electrons. The molecular weight excluding hydrogens is 370 g/mol. The molecule has 24 heavy (non-hydrogen) atoms. The Morgan fingerprint density at radius 2 is 2.00 bits per heavy atom. The maximum atomic E-state index is 11.8. The van der Waals surface area contributed by atoms with Gasteiger partial charge in [0.2, 0.25) is 0 Å². The molecule has 0 aliphatic carbocycles. The van der Waals surface area contributed by atoms with Gasteiger partial charge in [0.25, 0.3) is 0 Å². The van der Waals surface area contributed by atoms with Crippen LogP contribution in [-0.2, 0) is 4.74 Å². The first-order chi connectivity index (χ1) is 11.5. The summed E-state index contributed by atoms with van der Waals surface area (Å²) in [5.74, 6) is 0.569. The van der Waals surface area contributed by atoms with E-state index in [0.29, 0.717) is 18.7 Å². The zero-order chi connectivity index (χ0) is 17.5. The highest BCUT2D eigenvalue weighted by molar-refractivity contribution is 9.10. The highest BCUT2D eigenvalue weighted by Crippen LogP contribution is 2.22. The number of carbonyl (C=O) groups is 1. The molecule has 1 N–H and O–H groups in total. The molecule has 2 aromatic rings. The summed E-state index contributed by atoms with van der Waals surface area (Å²) in [7, 11) is 1.38. The van der Waals surface area contributed by atoms with Gasteiger partial charge in [0.1, 0.15) is 5.75 Å². The number of carbonyl (C=O) groups excluding carboxylic acids is 1. The van der Waals surface area contributed by atoms with Crippen molar-refractivity contribution in [3.8, 4) is 5.75 Å². The van der Waals surface area contributed by atoms with E-state index in [2.05, 4.69) is 41.2 Å². The Balaban J connectivity index is 1.86. The van der Waals surface area contributed by atoms with E-state index in [1.54, 1.807) is 6.07 Å². The van der Waals surface area contributed by atoms with Crippen molar-refractivity contribution in [2.45, 2.75) is 20.3 Å². The lowest BCUT2D eigenvalue weighted by Crippen LogP contribution is -2.11. The number of anilines is 1. The molecule has 5 heteroatoms. The average Bonchev–Trinajstić information content (AvgIpc) is 2.58. The van der Waals surface area contributed by atoms with Crippen molar-refractivity contribution in [3.05, 3.63) is 57.6 Å². The molecule has 0 aliphatic rings. The second-order valence-electron chi connectivity index (χ2n) is 5.51. The van der Waals surface area contributed by atoms with E-state index >= 15 is 0 Å². The smallest absolute Gasteiger partial charge is 0.340 e. The van der Waals surface area contributed by atoms with Gasteiger partial charge in [-0.05, 0) is 55.7 Å². The van der Waals surface area contributed by atoms with Crippen molar-refractivity contribution in [1.29, 1.82) is 0 Å². The van der Waals surface area contributed by atoms with Crippen molar-refractivity contribution >= 4 is 27.6 Å². The molecule has 0 atom stereocenters.